The maximum absolute atomic E-state index is 12.7. The second-order valence-electron chi connectivity index (χ2n) is 6.29. The largest absolute Gasteiger partial charge is 0.335 e. The third-order valence-electron chi connectivity index (χ3n) is 4.28. The molecule has 0 spiro atoms. The van der Waals surface area contributed by atoms with Crippen molar-refractivity contribution in [3.8, 4) is 0 Å². The molecule has 1 fully saturated rings. The average molecular weight is 357 g/mol. The van der Waals surface area contributed by atoms with Gasteiger partial charge in [0.2, 0.25) is 5.91 Å². The van der Waals surface area contributed by atoms with Crippen LogP contribution in [0.3, 0.4) is 0 Å². The van der Waals surface area contributed by atoms with E-state index in [9.17, 15) is 9.59 Å². The van der Waals surface area contributed by atoms with Crippen LogP contribution in [0.1, 0.15) is 35.7 Å². The molecule has 0 unspecified atom stereocenters. The summed E-state index contributed by atoms with van der Waals surface area (Å²) in [4.78, 5) is 26.3. The van der Waals surface area contributed by atoms with Crippen molar-refractivity contribution < 1.29 is 9.59 Å². The van der Waals surface area contributed by atoms with Gasteiger partial charge in [-0.1, -0.05) is 23.7 Å². The number of nitrogens with zero attached hydrogens (tertiary/aromatic N) is 1. The van der Waals surface area contributed by atoms with Crippen LogP contribution in [0.2, 0.25) is 5.02 Å². The summed E-state index contributed by atoms with van der Waals surface area (Å²) in [5, 5.41) is 3.54. The van der Waals surface area contributed by atoms with E-state index in [1.165, 1.54) is 0 Å². The first-order valence-electron chi connectivity index (χ1n) is 8.51. The smallest absolute Gasteiger partial charge is 0.254 e. The lowest BCUT2D eigenvalue weighted by Gasteiger charge is -2.21. The first-order chi connectivity index (χ1) is 12.1. The number of nitrogens with one attached hydrogen (secondary N) is 1. The van der Waals surface area contributed by atoms with E-state index in [1.54, 1.807) is 29.2 Å². The highest BCUT2D eigenvalue weighted by atomic mass is 35.5. The molecule has 1 aliphatic rings. The van der Waals surface area contributed by atoms with Gasteiger partial charge in [0.15, 0.2) is 0 Å². The average Bonchev–Trinajstić information content (AvgIpc) is 3.45. The maximum Gasteiger partial charge on any atom is 0.254 e. The summed E-state index contributed by atoms with van der Waals surface area (Å²) >= 11 is 6.02. The van der Waals surface area contributed by atoms with Crippen molar-refractivity contribution in [3.05, 3.63) is 64.7 Å². The van der Waals surface area contributed by atoms with Crippen LogP contribution in [0.15, 0.2) is 48.5 Å². The predicted molar refractivity (Wildman–Crippen MR) is 99.7 cm³/mol. The van der Waals surface area contributed by atoms with E-state index in [-0.39, 0.29) is 17.7 Å². The van der Waals surface area contributed by atoms with Gasteiger partial charge in [-0.15, -0.1) is 0 Å². The summed E-state index contributed by atoms with van der Waals surface area (Å²) < 4.78 is 0. The van der Waals surface area contributed by atoms with Gasteiger partial charge in [0.05, 0.1) is 0 Å². The van der Waals surface area contributed by atoms with Crippen molar-refractivity contribution in [2.24, 2.45) is 5.92 Å². The second kappa shape index (κ2) is 7.70. The summed E-state index contributed by atoms with van der Waals surface area (Å²) in [6, 6.07) is 14.6. The van der Waals surface area contributed by atoms with Gasteiger partial charge in [-0.2, -0.15) is 0 Å². The van der Waals surface area contributed by atoms with Crippen molar-refractivity contribution in [3.63, 3.8) is 0 Å². The van der Waals surface area contributed by atoms with Gasteiger partial charge in [0, 0.05) is 35.3 Å². The molecular formula is C20H21ClN2O2. The quantitative estimate of drug-likeness (QED) is 0.836. The molecule has 1 saturated carbocycles. The lowest BCUT2D eigenvalue weighted by atomic mass is 10.1. The molecule has 0 aromatic heterocycles. The number of benzene rings is 2. The number of carbonyl (C=O) groups excluding carboxylic acids is 2. The minimum Gasteiger partial charge on any atom is -0.335 e. The van der Waals surface area contributed by atoms with E-state index in [0.717, 1.165) is 24.1 Å². The Balaban J connectivity index is 1.66. The molecule has 0 saturated heterocycles. The number of amides is 2. The van der Waals surface area contributed by atoms with Crippen molar-refractivity contribution in [1.29, 1.82) is 0 Å². The monoisotopic (exact) mass is 356 g/mol. The van der Waals surface area contributed by atoms with E-state index >= 15 is 0 Å². The summed E-state index contributed by atoms with van der Waals surface area (Å²) in [5.41, 5.74) is 2.33. The topological polar surface area (TPSA) is 49.4 Å². The number of hydrogen-bond acceptors (Lipinski definition) is 2. The zero-order valence-electron chi connectivity index (χ0n) is 14.2. The van der Waals surface area contributed by atoms with Crippen LogP contribution in [-0.2, 0) is 11.3 Å². The van der Waals surface area contributed by atoms with Crippen molar-refractivity contribution in [1.82, 2.24) is 4.90 Å². The zero-order chi connectivity index (χ0) is 17.8. The Bertz CT molecular complexity index is 770. The Morgan fingerprint density at radius 2 is 1.88 bits per heavy atom. The molecule has 4 nitrogen and oxygen atoms in total. The molecule has 3 rings (SSSR count). The third-order valence-corrected chi connectivity index (χ3v) is 4.51. The normalized spacial score (nSPS) is 13.4. The molecular weight excluding hydrogens is 336 g/mol. The fourth-order valence-corrected chi connectivity index (χ4v) is 2.86. The van der Waals surface area contributed by atoms with Gasteiger partial charge in [0.25, 0.3) is 5.91 Å². The van der Waals surface area contributed by atoms with E-state index in [1.807, 2.05) is 31.2 Å². The Labute approximate surface area is 152 Å². The van der Waals surface area contributed by atoms with Crippen LogP contribution in [-0.4, -0.2) is 23.3 Å². The van der Waals surface area contributed by atoms with Crippen LogP contribution >= 0.6 is 11.6 Å². The molecule has 2 aromatic carbocycles. The standard InChI is InChI=1S/C20H21ClN2O2/c1-2-23(13-14-4-3-5-17(21)12-14)20(25)16-8-10-18(11-9-16)22-19(24)15-6-7-15/h3-5,8-12,15H,2,6-7,13H2,1H3,(H,22,24). The lowest BCUT2D eigenvalue weighted by molar-refractivity contribution is -0.117. The molecule has 2 amide bonds. The number of hydrogen-bond donors (Lipinski definition) is 1. The van der Waals surface area contributed by atoms with Gasteiger partial charge in [-0.25, -0.2) is 0 Å². The first kappa shape index (κ1) is 17.5. The molecule has 130 valence electrons. The summed E-state index contributed by atoms with van der Waals surface area (Å²) in [6.45, 7) is 3.06. The fourth-order valence-electron chi connectivity index (χ4n) is 2.65. The van der Waals surface area contributed by atoms with Crippen LogP contribution in [0.4, 0.5) is 5.69 Å². The predicted octanol–water partition coefficient (Wildman–Crippen LogP) is 4.35. The van der Waals surface area contributed by atoms with Gasteiger partial charge >= 0.3 is 0 Å². The minimum atomic E-state index is -0.0393. The molecule has 5 heteroatoms. The molecule has 0 heterocycles. The van der Waals surface area contributed by atoms with Crippen molar-refractivity contribution >= 4 is 29.1 Å². The highest BCUT2D eigenvalue weighted by Gasteiger charge is 2.29. The van der Waals surface area contributed by atoms with E-state index in [4.69, 9.17) is 11.6 Å². The molecule has 2 aromatic rings. The Hall–Kier alpha value is -2.33. The molecule has 1 aliphatic carbocycles. The molecule has 25 heavy (non-hydrogen) atoms. The lowest BCUT2D eigenvalue weighted by Crippen LogP contribution is -2.30. The van der Waals surface area contributed by atoms with Crippen LogP contribution in [0, 0.1) is 5.92 Å². The van der Waals surface area contributed by atoms with E-state index < -0.39 is 0 Å². The molecule has 0 aliphatic heterocycles. The van der Waals surface area contributed by atoms with Gasteiger partial charge in [0.1, 0.15) is 0 Å². The number of anilines is 1. The minimum absolute atomic E-state index is 0.0393. The van der Waals surface area contributed by atoms with Gasteiger partial charge in [-0.3, -0.25) is 9.59 Å². The highest BCUT2D eigenvalue weighted by molar-refractivity contribution is 6.30. The van der Waals surface area contributed by atoms with Crippen LogP contribution in [0.5, 0.6) is 0 Å². The second-order valence-corrected chi connectivity index (χ2v) is 6.73. The van der Waals surface area contributed by atoms with Gasteiger partial charge < -0.3 is 10.2 Å². The van der Waals surface area contributed by atoms with Crippen molar-refractivity contribution in [2.45, 2.75) is 26.3 Å². The molecule has 0 bridgehead atoms. The number of rotatable bonds is 6. The summed E-state index contributed by atoms with van der Waals surface area (Å²) in [5.74, 6) is 0.187. The maximum atomic E-state index is 12.7. The number of halogens is 1. The first-order valence-corrected chi connectivity index (χ1v) is 8.89. The molecule has 0 atom stereocenters. The van der Waals surface area contributed by atoms with E-state index in [0.29, 0.717) is 23.7 Å². The van der Waals surface area contributed by atoms with E-state index in [2.05, 4.69) is 5.32 Å². The summed E-state index contributed by atoms with van der Waals surface area (Å²) in [7, 11) is 0. The Morgan fingerprint density at radius 1 is 1.16 bits per heavy atom. The Kier molecular flexibility index (Phi) is 5.39. The van der Waals surface area contributed by atoms with Crippen LogP contribution in [0.25, 0.3) is 0 Å². The third kappa shape index (κ3) is 4.60. The molecule has 1 N–H and O–H groups in total. The fraction of sp³-hybridized carbons (Fsp3) is 0.300. The van der Waals surface area contributed by atoms with Crippen LogP contribution < -0.4 is 5.32 Å². The highest BCUT2D eigenvalue weighted by Crippen LogP contribution is 2.30. The molecule has 0 radical (unpaired) electrons. The Morgan fingerprint density at radius 3 is 2.48 bits per heavy atom. The summed E-state index contributed by atoms with van der Waals surface area (Å²) in [6.07, 6.45) is 1.94. The van der Waals surface area contributed by atoms with Gasteiger partial charge in [-0.05, 0) is 61.7 Å². The SMILES string of the molecule is CCN(Cc1cccc(Cl)c1)C(=O)c1ccc(NC(=O)C2CC2)cc1. The number of carbonyl (C=O) groups is 2. The van der Waals surface area contributed by atoms with Crippen molar-refractivity contribution in [2.75, 3.05) is 11.9 Å². The zero-order valence-corrected chi connectivity index (χ0v) is 14.9.